The van der Waals surface area contributed by atoms with Crippen molar-refractivity contribution >= 4 is 11.0 Å². The van der Waals surface area contributed by atoms with Crippen LogP contribution in [0.1, 0.15) is 44.9 Å². The molecule has 0 bridgehead atoms. The van der Waals surface area contributed by atoms with Crippen LogP contribution in [0.25, 0.3) is 11.0 Å². The van der Waals surface area contributed by atoms with Crippen molar-refractivity contribution in [3.8, 4) is 5.75 Å². The number of imidazole rings is 1. The first-order valence-corrected chi connectivity index (χ1v) is 7.45. The molecule has 1 atom stereocenters. The quantitative estimate of drug-likeness (QED) is 0.843. The molecule has 1 unspecified atom stereocenters. The highest BCUT2D eigenvalue weighted by atomic mass is 16.5. The lowest BCUT2D eigenvalue weighted by Crippen LogP contribution is -2.09. The SMILES string of the molecule is CCCn1c(C(C)CCCN)nc2cc(OC)ccc21. The third kappa shape index (κ3) is 2.96. The van der Waals surface area contributed by atoms with Crippen molar-refractivity contribution in [1.29, 1.82) is 0 Å². The summed E-state index contributed by atoms with van der Waals surface area (Å²) in [5, 5.41) is 0. The zero-order chi connectivity index (χ0) is 14.5. The molecule has 2 aromatic rings. The van der Waals surface area contributed by atoms with Gasteiger partial charge in [0.25, 0.3) is 0 Å². The number of aryl methyl sites for hydroxylation is 1. The molecule has 20 heavy (non-hydrogen) atoms. The molecule has 0 saturated carbocycles. The summed E-state index contributed by atoms with van der Waals surface area (Å²) < 4.78 is 7.63. The summed E-state index contributed by atoms with van der Waals surface area (Å²) in [7, 11) is 1.69. The van der Waals surface area contributed by atoms with Crippen LogP contribution >= 0.6 is 0 Å². The van der Waals surface area contributed by atoms with Crippen LogP contribution in [0, 0.1) is 0 Å². The van der Waals surface area contributed by atoms with Gasteiger partial charge in [0.15, 0.2) is 0 Å². The minimum atomic E-state index is 0.434. The standard InChI is InChI=1S/C16H25N3O/c1-4-10-19-15-8-7-13(20-3)11-14(15)18-16(19)12(2)6-5-9-17/h7-8,11-12H,4-6,9-10,17H2,1-3H3. The third-order valence-corrected chi connectivity index (χ3v) is 3.71. The van der Waals surface area contributed by atoms with Gasteiger partial charge in [-0.25, -0.2) is 4.98 Å². The fourth-order valence-corrected chi connectivity index (χ4v) is 2.64. The van der Waals surface area contributed by atoms with Gasteiger partial charge in [0.1, 0.15) is 11.6 Å². The fraction of sp³-hybridized carbons (Fsp3) is 0.562. The Morgan fingerprint density at radius 2 is 2.20 bits per heavy atom. The molecule has 1 heterocycles. The van der Waals surface area contributed by atoms with Gasteiger partial charge in [0, 0.05) is 18.5 Å². The van der Waals surface area contributed by atoms with Crippen molar-refractivity contribution < 1.29 is 4.74 Å². The predicted molar refractivity (Wildman–Crippen MR) is 83.3 cm³/mol. The molecule has 0 radical (unpaired) electrons. The molecule has 0 fully saturated rings. The number of nitrogens with two attached hydrogens (primary N) is 1. The van der Waals surface area contributed by atoms with Gasteiger partial charge in [-0.15, -0.1) is 0 Å². The number of rotatable bonds is 7. The summed E-state index contributed by atoms with van der Waals surface area (Å²) in [6.07, 6.45) is 3.23. The second-order valence-corrected chi connectivity index (χ2v) is 5.31. The Bertz CT molecular complexity index is 562. The first-order chi connectivity index (χ1) is 9.71. The lowest BCUT2D eigenvalue weighted by atomic mass is 10.0. The molecule has 0 aliphatic rings. The van der Waals surface area contributed by atoms with Gasteiger partial charge in [-0.05, 0) is 37.9 Å². The Labute approximate surface area is 120 Å². The molecule has 0 aliphatic heterocycles. The molecule has 0 saturated heterocycles. The van der Waals surface area contributed by atoms with Crippen LogP contribution in [-0.2, 0) is 6.54 Å². The molecule has 4 heteroatoms. The largest absolute Gasteiger partial charge is 0.497 e. The molecule has 0 spiro atoms. The topological polar surface area (TPSA) is 53.1 Å². The van der Waals surface area contributed by atoms with Gasteiger partial charge in [-0.1, -0.05) is 13.8 Å². The summed E-state index contributed by atoms with van der Waals surface area (Å²) in [4.78, 5) is 4.83. The summed E-state index contributed by atoms with van der Waals surface area (Å²) >= 11 is 0. The Kier molecular flexibility index (Phi) is 5.01. The Balaban J connectivity index is 2.43. The Morgan fingerprint density at radius 1 is 1.40 bits per heavy atom. The van der Waals surface area contributed by atoms with Crippen LogP contribution < -0.4 is 10.5 Å². The zero-order valence-electron chi connectivity index (χ0n) is 12.7. The van der Waals surface area contributed by atoms with E-state index in [0.717, 1.165) is 43.6 Å². The fourth-order valence-electron chi connectivity index (χ4n) is 2.64. The van der Waals surface area contributed by atoms with Gasteiger partial charge in [-0.2, -0.15) is 0 Å². The van der Waals surface area contributed by atoms with E-state index in [9.17, 15) is 0 Å². The highest BCUT2D eigenvalue weighted by molar-refractivity contribution is 5.78. The van der Waals surface area contributed by atoms with Crippen molar-refractivity contribution in [2.24, 2.45) is 5.73 Å². The molecule has 1 aromatic heterocycles. The van der Waals surface area contributed by atoms with Gasteiger partial charge in [-0.3, -0.25) is 0 Å². The first kappa shape index (κ1) is 14.9. The van der Waals surface area contributed by atoms with E-state index in [1.807, 2.05) is 12.1 Å². The number of methoxy groups -OCH3 is 1. The van der Waals surface area contributed by atoms with Crippen LogP contribution in [0.2, 0.25) is 0 Å². The van der Waals surface area contributed by atoms with E-state index in [0.29, 0.717) is 5.92 Å². The maximum absolute atomic E-state index is 5.62. The Morgan fingerprint density at radius 3 is 2.85 bits per heavy atom. The van der Waals surface area contributed by atoms with Crippen molar-refractivity contribution in [3.05, 3.63) is 24.0 Å². The lowest BCUT2D eigenvalue weighted by Gasteiger charge is -2.13. The van der Waals surface area contributed by atoms with E-state index >= 15 is 0 Å². The summed E-state index contributed by atoms with van der Waals surface area (Å²) in [6.45, 7) is 6.18. The number of hydrogen-bond acceptors (Lipinski definition) is 3. The molecular weight excluding hydrogens is 250 g/mol. The predicted octanol–water partition coefficient (Wildman–Crippen LogP) is 3.30. The number of hydrogen-bond donors (Lipinski definition) is 1. The number of nitrogens with zero attached hydrogens (tertiary/aromatic N) is 2. The summed E-state index contributed by atoms with van der Waals surface area (Å²) in [5.41, 5.74) is 7.84. The van der Waals surface area contributed by atoms with E-state index in [4.69, 9.17) is 15.5 Å². The first-order valence-electron chi connectivity index (χ1n) is 7.45. The maximum atomic E-state index is 5.62. The average molecular weight is 275 g/mol. The number of aromatic nitrogens is 2. The van der Waals surface area contributed by atoms with Crippen LogP contribution in [0.3, 0.4) is 0 Å². The molecule has 110 valence electrons. The minimum absolute atomic E-state index is 0.434. The molecule has 2 rings (SSSR count). The van der Waals surface area contributed by atoms with Crippen LogP contribution in [-0.4, -0.2) is 23.2 Å². The molecule has 4 nitrogen and oxygen atoms in total. The van der Waals surface area contributed by atoms with E-state index in [-0.39, 0.29) is 0 Å². The minimum Gasteiger partial charge on any atom is -0.497 e. The average Bonchev–Trinajstić information content (AvgIpc) is 2.83. The molecule has 0 aliphatic carbocycles. The number of fused-ring (bicyclic) bond motifs is 1. The van der Waals surface area contributed by atoms with Crippen molar-refractivity contribution in [1.82, 2.24) is 9.55 Å². The molecule has 1 aromatic carbocycles. The third-order valence-electron chi connectivity index (χ3n) is 3.71. The van der Waals surface area contributed by atoms with Crippen molar-refractivity contribution in [3.63, 3.8) is 0 Å². The van der Waals surface area contributed by atoms with Crippen LogP contribution in [0.5, 0.6) is 5.75 Å². The van der Waals surface area contributed by atoms with Gasteiger partial charge >= 0.3 is 0 Å². The monoisotopic (exact) mass is 275 g/mol. The Hall–Kier alpha value is -1.55. The van der Waals surface area contributed by atoms with Crippen LogP contribution in [0.15, 0.2) is 18.2 Å². The van der Waals surface area contributed by atoms with E-state index in [1.165, 1.54) is 11.3 Å². The van der Waals surface area contributed by atoms with Crippen LogP contribution in [0.4, 0.5) is 0 Å². The molecular formula is C16H25N3O. The van der Waals surface area contributed by atoms with Crippen molar-refractivity contribution in [2.45, 2.75) is 45.6 Å². The van der Waals surface area contributed by atoms with Gasteiger partial charge in [0.2, 0.25) is 0 Å². The maximum Gasteiger partial charge on any atom is 0.121 e. The van der Waals surface area contributed by atoms with Crippen molar-refractivity contribution in [2.75, 3.05) is 13.7 Å². The molecule has 0 amide bonds. The number of benzene rings is 1. The highest BCUT2D eigenvalue weighted by Gasteiger charge is 2.16. The van der Waals surface area contributed by atoms with E-state index in [2.05, 4.69) is 24.5 Å². The van der Waals surface area contributed by atoms with Gasteiger partial charge < -0.3 is 15.0 Å². The second-order valence-electron chi connectivity index (χ2n) is 5.31. The van der Waals surface area contributed by atoms with E-state index < -0.39 is 0 Å². The number of ether oxygens (including phenoxy) is 1. The van der Waals surface area contributed by atoms with E-state index in [1.54, 1.807) is 7.11 Å². The van der Waals surface area contributed by atoms with Gasteiger partial charge in [0.05, 0.1) is 18.1 Å². The summed E-state index contributed by atoms with van der Waals surface area (Å²) in [5.74, 6) is 2.46. The smallest absolute Gasteiger partial charge is 0.121 e. The zero-order valence-corrected chi connectivity index (χ0v) is 12.7. The highest BCUT2D eigenvalue weighted by Crippen LogP contribution is 2.27. The normalized spacial score (nSPS) is 12.8. The summed E-state index contributed by atoms with van der Waals surface area (Å²) in [6, 6.07) is 6.13. The second kappa shape index (κ2) is 6.75. The lowest BCUT2D eigenvalue weighted by molar-refractivity contribution is 0.415. The molecule has 2 N–H and O–H groups in total.